The Kier molecular flexibility index (Phi) is 4.27. The molecule has 25 heavy (non-hydrogen) atoms. The fourth-order valence-electron chi connectivity index (χ4n) is 3.10. The van der Waals surface area contributed by atoms with Crippen molar-refractivity contribution in [1.29, 1.82) is 0 Å². The number of carbonyl (C=O) groups excluding carboxylic acids is 1. The number of hydrogen-bond acceptors (Lipinski definition) is 6. The van der Waals surface area contributed by atoms with Gasteiger partial charge < -0.3 is 10.2 Å². The maximum absolute atomic E-state index is 12.9. The number of halogens is 1. The van der Waals surface area contributed by atoms with Gasteiger partial charge in [-0.15, -0.1) is 0 Å². The van der Waals surface area contributed by atoms with E-state index in [0.29, 0.717) is 11.3 Å². The molecular formula is C17H16FN5OS. The van der Waals surface area contributed by atoms with Gasteiger partial charge in [0.15, 0.2) is 5.65 Å². The summed E-state index contributed by atoms with van der Waals surface area (Å²) < 4.78 is 21.4. The predicted octanol–water partition coefficient (Wildman–Crippen LogP) is 3.08. The van der Waals surface area contributed by atoms with Crippen LogP contribution in [0.25, 0.3) is 11.2 Å². The number of aromatic nitrogens is 3. The zero-order chi connectivity index (χ0) is 17.2. The van der Waals surface area contributed by atoms with Crippen molar-refractivity contribution in [3.63, 3.8) is 0 Å². The van der Waals surface area contributed by atoms with Crippen molar-refractivity contribution in [2.45, 2.75) is 12.8 Å². The molecule has 0 aliphatic carbocycles. The Morgan fingerprint density at radius 2 is 1.92 bits per heavy atom. The maximum atomic E-state index is 12.9. The Labute approximate surface area is 148 Å². The summed E-state index contributed by atoms with van der Waals surface area (Å²) in [6.07, 6.45) is 3.26. The van der Waals surface area contributed by atoms with E-state index in [1.165, 1.54) is 12.1 Å². The third-order valence-electron chi connectivity index (χ3n) is 4.46. The first-order valence-electron chi connectivity index (χ1n) is 8.09. The lowest BCUT2D eigenvalue weighted by Crippen LogP contribution is -2.38. The van der Waals surface area contributed by atoms with Crippen LogP contribution in [0.3, 0.4) is 0 Å². The Morgan fingerprint density at radius 1 is 1.16 bits per heavy atom. The van der Waals surface area contributed by atoms with E-state index in [0.717, 1.165) is 48.9 Å². The van der Waals surface area contributed by atoms with Crippen LogP contribution in [0.5, 0.6) is 0 Å². The van der Waals surface area contributed by atoms with Gasteiger partial charge in [0.2, 0.25) is 5.91 Å². The van der Waals surface area contributed by atoms with Crippen molar-refractivity contribution in [3.05, 3.63) is 42.3 Å². The number of benzene rings is 1. The van der Waals surface area contributed by atoms with Crippen LogP contribution in [0, 0.1) is 11.7 Å². The molecule has 1 N–H and O–H groups in total. The van der Waals surface area contributed by atoms with Crippen LogP contribution >= 0.6 is 11.7 Å². The average molecular weight is 357 g/mol. The highest BCUT2D eigenvalue weighted by atomic mass is 32.1. The molecular weight excluding hydrogens is 341 g/mol. The number of anilines is 2. The Morgan fingerprint density at radius 3 is 2.68 bits per heavy atom. The van der Waals surface area contributed by atoms with Gasteiger partial charge in [0.25, 0.3) is 0 Å². The number of nitrogens with zero attached hydrogens (tertiary/aromatic N) is 4. The van der Waals surface area contributed by atoms with Crippen molar-refractivity contribution in [2.24, 2.45) is 5.92 Å². The second-order valence-corrected chi connectivity index (χ2v) is 6.55. The Bertz CT molecular complexity index is 889. The fourth-order valence-corrected chi connectivity index (χ4v) is 3.61. The van der Waals surface area contributed by atoms with E-state index in [-0.39, 0.29) is 17.6 Å². The largest absolute Gasteiger partial charge is 0.370 e. The number of piperidine rings is 1. The van der Waals surface area contributed by atoms with Gasteiger partial charge in [0.05, 0.1) is 17.4 Å². The molecule has 0 unspecified atom stereocenters. The minimum Gasteiger partial charge on any atom is -0.370 e. The zero-order valence-electron chi connectivity index (χ0n) is 13.4. The summed E-state index contributed by atoms with van der Waals surface area (Å²) in [6, 6.07) is 7.78. The number of hydrogen-bond donors (Lipinski definition) is 1. The third-order valence-corrected chi connectivity index (χ3v) is 4.98. The van der Waals surface area contributed by atoms with E-state index in [1.54, 1.807) is 18.3 Å². The minimum atomic E-state index is -0.313. The molecule has 8 heteroatoms. The number of nitrogens with one attached hydrogen (secondary N) is 1. The first-order chi connectivity index (χ1) is 12.2. The van der Waals surface area contributed by atoms with E-state index in [1.807, 2.05) is 6.07 Å². The zero-order valence-corrected chi connectivity index (χ0v) is 14.2. The third kappa shape index (κ3) is 3.30. The highest BCUT2D eigenvalue weighted by molar-refractivity contribution is 7.00. The van der Waals surface area contributed by atoms with Crippen molar-refractivity contribution in [2.75, 3.05) is 23.3 Å². The Hall–Kier alpha value is -2.61. The quantitative estimate of drug-likeness (QED) is 0.780. The fraction of sp³-hybridized carbons (Fsp3) is 0.294. The lowest BCUT2D eigenvalue weighted by molar-refractivity contribution is -0.120. The van der Waals surface area contributed by atoms with Crippen LogP contribution in [-0.2, 0) is 4.79 Å². The molecule has 3 aromatic rings. The van der Waals surface area contributed by atoms with Gasteiger partial charge in [0.1, 0.15) is 11.3 Å². The molecule has 0 radical (unpaired) electrons. The van der Waals surface area contributed by atoms with Gasteiger partial charge >= 0.3 is 0 Å². The normalized spacial score (nSPS) is 15.5. The van der Waals surface area contributed by atoms with Gasteiger partial charge in [-0.3, -0.25) is 4.79 Å². The summed E-state index contributed by atoms with van der Waals surface area (Å²) in [6.45, 7) is 1.55. The van der Waals surface area contributed by atoms with Crippen LogP contribution in [0.1, 0.15) is 12.8 Å². The van der Waals surface area contributed by atoms with Gasteiger partial charge in [-0.1, -0.05) is 0 Å². The lowest BCUT2D eigenvalue weighted by Gasteiger charge is -2.32. The SMILES string of the molecule is O=C(Nc1ccc(F)cc1)C1CCN(c2ccnc3nsnc23)CC1. The second kappa shape index (κ2) is 6.72. The molecule has 0 atom stereocenters. The van der Waals surface area contributed by atoms with Crippen LogP contribution in [0.2, 0.25) is 0 Å². The van der Waals surface area contributed by atoms with E-state index >= 15 is 0 Å². The highest BCUT2D eigenvalue weighted by Crippen LogP contribution is 2.28. The number of amides is 1. The molecule has 0 bridgehead atoms. The molecule has 2 aromatic heterocycles. The van der Waals surface area contributed by atoms with Crippen LogP contribution in [-0.4, -0.2) is 32.7 Å². The first-order valence-corrected chi connectivity index (χ1v) is 8.82. The molecule has 0 spiro atoms. The smallest absolute Gasteiger partial charge is 0.227 e. The van der Waals surface area contributed by atoms with E-state index in [9.17, 15) is 9.18 Å². The molecule has 1 aromatic carbocycles. The van der Waals surface area contributed by atoms with Gasteiger partial charge in [-0.2, -0.15) is 8.75 Å². The van der Waals surface area contributed by atoms with E-state index < -0.39 is 0 Å². The molecule has 3 heterocycles. The van der Waals surface area contributed by atoms with Crippen LogP contribution < -0.4 is 10.2 Å². The average Bonchev–Trinajstić information content (AvgIpc) is 3.12. The van der Waals surface area contributed by atoms with E-state index in [4.69, 9.17) is 0 Å². The number of rotatable bonds is 3. The van der Waals surface area contributed by atoms with Crippen molar-refractivity contribution in [1.82, 2.24) is 13.7 Å². The van der Waals surface area contributed by atoms with Crippen molar-refractivity contribution in [3.8, 4) is 0 Å². The summed E-state index contributed by atoms with van der Waals surface area (Å²) in [7, 11) is 0. The standard InChI is InChI=1S/C17H16FN5OS/c18-12-1-3-13(4-2-12)20-17(24)11-6-9-23(10-7-11)14-5-8-19-16-15(14)21-25-22-16/h1-5,8,11H,6-7,9-10H2,(H,20,24). The molecule has 1 aliphatic heterocycles. The van der Waals surface area contributed by atoms with Gasteiger partial charge in [0, 0.05) is 30.9 Å². The molecule has 1 fully saturated rings. The summed E-state index contributed by atoms with van der Waals surface area (Å²) >= 11 is 1.16. The topological polar surface area (TPSA) is 71.0 Å². The molecule has 1 amide bonds. The number of fused-ring (bicyclic) bond motifs is 1. The summed E-state index contributed by atoms with van der Waals surface area (Å²) in [4.78, 5) is 18.9. The minimum absolute atomic E-state index is 0.0125. The number of carbonyl (C=O) groups is 1. The van der Waals surface area contributed by atoms with Crippen LogP contribution in [0.15, 0.2) is 36.5 Å². The second-order valence-electron chi connectivity index (χ2n) is 6.02. The van der Waals surface area contributed by atoms with Crippen molar-refractivity contribution < 1.29 is 9.18 Å². The number of pyridine rings is 1. The van der Waals surface area contributed by atoms with Crippen LogP contribution in [0.4, 0.5) is 15.8 Å². The first kappa shape index (κ1) is 15.9. The summed E-state index contributed by atoms with van der Waals surface area (Å²) in [5.41, 5.74) is 3.13. The monoisotopic (exact) mass is 357 g/mol. The predicted molar refractivity (Wildman–Crippen MR) is 95.2 cm³/mol. The summed E-state index contributed by atoms with van der Waals surface area (Å²) in [5.74, 6) is -0.375. The highest BCUT2D eigenvalue weighted by Gasteiger charge is 2.26. The van der Waals surface area contributed by atoms with Gasteiger partial charge in [-0.05, 0) is 43.2 Å². The maximum Gasteiger partial charge on any atom is 0.227 e. The lowest BCUT2D eigenvalue weighted by atomic mass is 9.95. The molecule has 1 aliphatic rings. The van der Waals surface area contributed by atoms with Gasteiger partial charge in [-0.25, -0.2) is 9.37 Å². The molecule has 4 rings (SSSR count). The van der Waals surface area contributed by atoms with Crippen molar-refractivity contribution >= 4 is 40.2 Å². The molecule has 128 valence electrons. The molecule has 0 saturated carbocycles. The van der Waals surface area contributed by atoms with E-state index in [2.05, 4.69) is 23.9 Å². The molecule has 1 saturated heterocycles. The Balaban J connectivity index is 1.40. The molecule has 6 nitrogen and oxygen atoms in total. The summed E-state index contributed by atoms with van der Waals surface area (Å²) in [5, 5.41) is 2.86.